The Hall–Kier alpha value is -1.60. The van der Waals surface area contributed by atoms with Crippen molar-refractivity contribution >= 4 is 0 Å². The van der Waals surface area contributed by atoms with Gasteiger partial charge in [-0.25, -0.2) is 0 Å². The van der Waals surface area contributed by atoms with E-state index in [-0.39, 0.29) is 6.10 Å². The number of rotatable bonds is 2. The van der Waals surface area contributed by atoms with Gasteiger partial charge in [-0.2, -0.15) is 0 Å². The zero-order valence-corrected chi connectivity index (χ0v) is 10.4. The molecule has 0 amide bonds. The quantitative estimate of drug-likeness (QED) is 0.839. The van der Waals surface area contributed by atoms with E-state index in [9.17, 15) is 5.11 Å². The van der Waals surface area contributed by atoms with Gasteiger partial charge >= 0.3 is 0 Å². The molecular formula is C17H18O. The molecule has 1 aliphatic carbocycles. The smallest absolute Gasteiger partial charge is 0.0608 e. The van der Waals surface area contributed by atoms with Crippen LogP contribution in [0.1, 0.15) is 30.7 Å². The lowest BCUT2D eigenvalue weighted by Crippen LogP contribution is -2.10. The van der Waals surface area contributed by atoms with Crippen LogP contribution in [0.4, 0.5) is 0 Å². The van der Waals surface area contributed by atoms with Crippen LogP contribution in [0.25, 0.3) is 11.1 Å². The lowest BCUT2D eigenvalue weighted by molar-refractivity contribution is 0.164. The first kappa shape index (κ1) is 11.5. The maximum atomic E-state index is 9.93. The highest BCUT2D eigenvalue weighted by Gasteiger charge is 2.26. The number of benzene rings is 2. The van der Waals surface area contributed by atoms with E-state index in [2.05, 4.69) is 48.5 Å². The molecule has 0 heterocycles. The van der Waals surface area contributed by atoms with Crippen LogP contribution in [0, 0.1) is 0 Å². The predicted octanol–water partition coefficient (Wildman–Crippen LogP) is 3.98. The highest BCUT2D eigenvalue weighted by molar-refractivity contribution is 5.63. The molecule has 0 radical (unpaired) electrons. The molecule has 1 aliphatic rings. The van der Waals surface area contributed by atoms with Gasteiger partial charge in [-0.3, -0.25) is 0 Å². The predicted molar refractivity (Wildman–Crippen MR) is 74.5 cm³/mol. The lowest BCUT2D eigenvalue weighted by Gasteiger charge is -2.15. The third-order valence-corrected chi connectivity index (χ3v) is 3.93. The third-order valence-electron chi connectivity index (χ3n) is 3.93. The van der Waals surface area contributed by atoms with E-state index in [1.54, 1.807) is 0 Å². The summed E-state index contributed by atoms with van der Waals surface area (Å²) in [6.07, 6.45) is 3.07. The molecule has 1 heteroatoms. The van der Waals surface area contributed by atoms with E-state index in [1.165, 1.54) is 16.7 Å². The monoisotopic (exact) mass is 238 g/mol. The zero-order chi connectivity index (χ0) is 12.4. The van der Waals surface area contributed by atoms with Crippen molar-refractivity contribution in [3.05, 3.63) is 60.2 Å². The summed E-state index contributed by atoms with van der Waals surface area (Å²) < 4.78 is 0. The van der Waals surface area contributed by atoms with Gasteiger partial charge in [0.15, 0.2) is 0 Å². The second kappa shape index (κ2) is 4.95. The van der Waals surface area contributed by atoms with Gasteiger partial charge < -0.3 is 5.11 Å². The molecule has 1 fully saturated rings. The molecule has 0 saturated heterocycles. The molecule has 18 heavy (non-hydrogen) atoms. The highest BCUT2D eigenvalue weighted by Crippen LogP contribution is 2.35. The van der Waals surface area contributed by atoms with Crippen LogP contribution in [0.15, 0.2) is 54.6 Å². The standard InChI is InChI=1S/C17H18O/c18-17-8-4-7-16(17)15-11-9-14(10-12-15)13-5-2-1-3-6-13/h1-3,5-6,9-12,16-18H,4,7-8H2/t16?,17-/m0/s1. The molecule has 0 aliphatic heterocycles. The molecule has 2 atom stereocenters. The van der Waals surface area contributed by atoms with Gasteiger partial charge in [0.25, 0.3) is 0 Å². The number of hydrogen-bond donors (Lipinski definition) is 1. The largest absolute Gasteiger partial charge is 0.392 e. The maximum absolute atomic E-state index is 9.93. The van der Waals surface area contributed by atoms with E-state index in [1.807, 2.05) is 6.07 Å². The van der Waals surface area contributed by atoms with Gasteiger partial charge in [0.05, 0.1) is 6.10 Å². The Balaban J connectivity index is 1.85. The Morgan fingerprint density at radius 2 is 1.44 bits per heavy atom. The Labute approximate surface area is 108 Å². The molecule has 1 unspecified atom stereocenters. The average molecular weight is 238 g/mol. The molecule has 1 saturated carbocycles. The van der Waals surface area contributed by atoms with Gasteiger partial charge in [0.2, 0.25) is 0 Å². The third kappa shape index (κ3) is 2.19. The normalized spacial score (nSPS) is 23.2. The van der Waals surface area contributed by atoms with E-state index in [0.717, 1.165) is 19.3 Å². The molecule has 3 rings (SSSR count). The van der Waals surface area contributed by atoms with Gasteiger partial charge in [0, 0.05) is 5.92 Å². The minimum absolute atomic E-state index is 0.146. The fraction of sp³-hybridized carbons (Fsp3) is 0.294. The summed E-state index contributed by atoms with van der Waals surface area (Å²) in [4.78, 5) is 0. The van der Waals surface area contributed by atoms with Crippen molar-refractivity contribution in [3.8, 4) is 11.1 Å². The molecule has 92 valence electrons. The highest BCUT2D eigenvalue weighted by atomic mass is 16.3. The van der Waals surface area contributed by atoms with Crippen LogP contribution in [0.3, 0.4) is 0 Å². The van der Waals surface area contributed by atoms with Gasteiger partial charge in [0.1, 0.15) is 0 Å². The summed E-state index contributed by atoms with van der Waals surface area (Å²) in [6.45, 7) is 0. The maximum Gasteiger partial charge on any atom is 0.0608 e. The van der Waals surface area contributed by atoms with Crippen LogP contribution in [0.5, 0.6) is 0 Å². The molecule has 0 bridgehead atoms. The van der Waals surface area contributed by atoms with Crippen molar-refractivity contribution in [2.75, 3.05) is 0 Å². The summed E-state index contributed by atoms with van der Waals surface area (Å²) in [5, 5.41) is 9.93. The second-order valence-electron chi connectivity index (χ2n) is 5.09. The fourth-order valence-corrected chi connectivity index (χ4v) is 2.88. The van der Waals surface area contributed by atoms with Crippen molar-refractivity contribution in [1.29, 1.82) is 0 Å². The first-order chi connectivity index (χ1) is 8.84. The van der Waals surface area contributed by atoms with E-state index in [4.69, 9.17) is 0 Å². The first-order valence-electron chi connectivity index (χ1n) is 6.68. The summed E-state index contributed by atoms with van der Waals surface area (Å²) in [5.41, 5.74) is 3.77. The van der Waals surface area contributed by atoms with Crippen LogP contribution < -0.4 is 0 Å². The van der Waals surface area contributed by atoms with Gasteiger partial charge in [-0.15, -0.1) is 0 Å². The number of aliphatic hydroxyl groups excluding tert-OH is 1. The van der Waals surface area contributed by atoms with Crippen LogP contribution >= 0.6 is 0 Å². The average Bonchev–Trinajstić information content (AvgIpc) is 2.86. The van der Waals surface area contributed by atoms with E-state index < -0.39 is 0 Å². The topological polar surface area (TPSA) is 20.2 Å². The fourth-order valence-electron chi connectivity index (χ4n) is 2.88. The molecule has 0 spiro atoms. The van der Waals surface area contributed by atoms with Gasteiger partial charge in [-0.05, 0) is 29.5 Å². The van der Waals surface area contributed by atoms with Crippen LogP contribution in [-0.4, -0.2) is 11.2 Å². The van der Waals surface area contributed by atoms with E-state index >= 15 is 0 Å². The Bertz CT molecular complexity index is 501. The molecule has 1 nitrogen and oxygen atoms in total. The Morgan fingerprint density at radius 1 is 0.778 bits per heavy atom. The minimum Gasteiger partial charge on any atom is -0.392 e. The summed E-state index contributed by atoms with van der Waals surface area (Å²) in [7, 11) is 0. The second-order valence-corrected chi connectivity index (χ2v) is 5.09. The van der Waals surface area contributed by atoms with Crippen molar-refractivity contribution < 1.29 is 5.11 Å². The number of hydrogen-bond acceptors (Lipinski definition) is 1. The summed E-state index contributed by atoms with van der Waals surface area (Å²) >= 11 is 0. The molecule has 2 aromatic carbocycles. The summed E-state index contributed by atoms with van der Waals surface area (Å²) in [6, 6.07) is 19.1. The van der Waals surface area contributed by atoms with Crippen molar-refractivity contribution in [2.24, 2.45) is 0 Å². The van der Waals surface area contributed by atoms with Crippen LogP contribution in [-0.2, 0) is 0 Å². The van der Waals surface area contributed by atoms with Crippen molar-refractivity contribution in [3.63, 3.8) is 0 Å². The van der Waals surface area contributed by atoms with Crippen molar-refractivity contribution in [1.82, 2.24) is 0 Å². The SMILES string of the molecule is O[C@H]1CCCC1c1ccc(-c2ccccc2)cc1. The minimum atomic E-state index is -0.146. The van der Waals surface area contributed by atoms with E-state index in [0.29, 0.717) is 5.92 Å². The molecular weight excluding hydrogens is 220 g/mol. The lowest BCUT2D eigenvalue weighted by atomic mass is 9.94. The Morgan fingerprint density at radius 3 is 2.06 bits per heavy atom. The molecule has 1 N–H and O–H groups in total. The molecule has 2 aromatic rings. The zero-order valence-electron chi connectivity index (χ0n) is 10.4. The number of aliphatic hydroxyl groups is 1. The molecule has 0 aromatic heterocycles. The Kier molecular flexibility index (Phi) is 3.16. The van der Waals surface area contributed by atoms with Crippen molar-refractivity contribution in [2.45, 2.75) is 31.3 Å². The summed E-state index contributed by atoms with van der Waals surface area (Å²) in [5.74, 6) is 0.342. The van der Waals surface area contributed by atoms with Crippen LogP contribution in [0.2, 0.25) is 0 Å². The first-order valence-corrected chi connectivity index (χ1v) is 6.68. The van der Waals surface area contributed by atoms with Gasteiger partial charge in [-0.1, -0.05) is 61.0 Å².